The smallest absolute Gasteiger partial charge is 0.269 e. The van der Waals surface area contributed by atoms with Gasteiger partial charge in [-0.2, -0.15) is 0 Å². The number of hydrogen-bond acceptors (Lipinski definition) is 6. The van der Waals surface area contributed by atoms with Crippen LogP contribution in [0.2, 0.25) is 0 Å². The molecular formula is C23H19N5O3. The third-order valence-electron chi connectivity index (χ3n) is 4.58. The van der Waals surface area contributed by atoms with Crippen LogP contribution in [0.5, 0.6) is 0 Å². The number of ether oxygens (including phenoxy) is 1. The number of allylic oxidation sites excluding steroid dienone is 2. The first-order chi connectivity index (χ1) is 15.2. The van der Waals surface area contributed by atoms with Crippen molar-refractivity contribution in [3.8, 4) is 0 Å². The van der Waals surface area contributed by atoms with E-state index in [1.54, 1.807) is 6.08 Å². The molecule has 2 amide bonds. The van der Waals surface area contributed by atoms with Crippen molar-refractivity contribution in [2.45, 2.75) is 12.8 Å². The summed E-state index contributed by atoms with van der Waals surface area (Å²) in [7, 11) is 0. The summed E-state index contributed by atoms with van der Waals surface area (Å²) < 4.78 is 5.80. The van der Waals surface area contributed by atoms with Crippen LogP contribution in [0.3, 0.4) is 0 Å². The molecule has 0 fully saturated rings. The number of amides is 2. The van der Waals surface area contributed by atoms with Gasteiger partial charge in [-0.25, -0.2) is 20.0 Å². The van der Waals surface area contributed by atoms with Gasteiger partial charge >= 0.3 is 0 Å². The van der Waals surface area contributed by atoms with Crippen molar-refractivity contribution in [3.05, 3.63) is 77.5 Å². The number of aromatic nitrogens is 2. The Kier molecular flexibility index (Phi) is 6.18. The second-order valence-electron chi connectivity index (χ2n) is 6.69. The number of fused-ring (bicyclic) bond motifs is 1. The molecule has 31 heavy (non-hydrogen) atoms. The maximum absolute atomic E-state index is 12.0. The van der Waals surface area contributed by atoms with Crippen LogP contribution in [0.4, 0.5) is 11.5 Å². The van der Waals surface area contributed by atoms with Crippen molar-refractivity contribution < 1.29 is 14.3 Å². The lowest BCUT2D eigenvalue weighted by Gasteiger charge is -2.19. The Hall–Kier alpha value is -4.20. The van der Waals surface area contributed by atoms with E-state index in [2.05, 4.69) is 25.3 Å². The van der Waals surface area contributed by atoms with Gasteiger partial charge in [0.25, 0.3) is 11.8 Å². The van der Waals surface area contributed by atoms with Crippen LogP contribution < -0.4 is 5.32 Å². The molecule has 2 aliphatic rings. The maximum atomic E-state index is 12.0. The standard InChI is InChI=1S/C23H19N5O3/c29-21-8-4-12-31-17-9-10-20-18(13-17)23(27-15-26-20)28-19-6-2-1-5-16(19)14-25-22(30)7-3-11-24-21/h1-8,11,13-15H,9-10,12H2,(H,26,27,28). The van der Waals surface area contributed by atoms with E-state index in [0.717, 1.165) is 28.3 Å². The van der Waals surface area contributed by atoms with Crippen molar-refractivity contribution in [2.24, 2.45) is 9.98 Å². The second kappa shape index (κ2) is 9.53. The summed E-state index contributed by atoms with van der Waals surface area (Å²) in [5, 5.41) is 3.32. The molecular weight excluding hydrogens is 394 g/mol. The van der Waals surface area contributed by atoms with Gasteiger partial charge in [0.15, 0.2) is 0 Å². The first-order valence-corrected chi connectivity index (χ1v) is 9.71. The molecule has 1 N–H and O–H groups in total. The highest BCUT2D eigenvalue weighted by atomic mass is 16.5. The average molecular weight is 413 g/mol. The van der Waals surface area contributed by atoms with Crippen LogP contribution in [0.1, 0.15) is 23.2 Å². The van der Waals surface area contributed by atoms with Crippen molar-refractivity contribution >= 4 is 41.8 Å². The Morgan fingerprint density at radius 2 is 1.84 bits per heavy atom. The van der Waals surface area contributed by atoms with Gasteiger partial charge in [0.2, 0.25) is 0 Å². The minimum Gasteiger partial charge on any atom is -0.494 e. The van der Waals surface area contributed by atoms with Crippen molar-refractivity contribution in [1.29, 1.82) is 0 Å². The van der Waals surface area contributed by atoms with Crippen LogP contribution in [-0.4, -0.2) is 40.8 Å². The zero-order valence-corrected chi connectivity index (χ0v) is 16.6. The number of para-hydroxylation sites is 1. The fraction of sp³-hybridized carbons (Fsp3) is 0.130. The SMILES string of the molecule is O=C1C=CCOC2=Cc3c(ncnc3Nc3ccccc3C=NC(=O)C=CC=N1)CC2. The Balaban J connectivity index is 1.72. The van der Waals surface area contributed by atoms with Crippen LogP contribution in [0, 0.1) is 0 Å². The van der Waals surface area contributed by atoms with Crippen LogP contribution in [-0.2, 0) is 20.7 Å². The van der Waals surface area contributed by atoms with E-state index in [1.807, 2.05) is 30.3 Å². The molecule has 1 aliphatic heterocycles. The topological polar surface area (TPSA) is 106 Å². The summed E-state index contributed by atoms with van der Waals surface area (Å²) in [5.41, 5.74) is 3.23. The molecule has 0 saturated heterocycles. The van der Waals surface area contributed by atoms with E-state index in [1.165, 1.54) is 37.0 Å². The first kappa shape index (κ1) is 20.1. The molecule has 154 valence electrons. The third kappa shape index (κ3) is 5.24. The fourth-order valence-corrected chi connectivity index (χ4v) is 3.09. The Morgan fingerprint density at radius 1 is 0.968 bits per heavy atom. The third-order valence-corrected chi connectivity index (χ3v) is 4.58. The number of rotatable bonds is 0. The molecule has 2 heterocycles. The number of hydrogen-bond donors (Lipinski definition) is 1. The summed E-state index contributed by atoms with van der Waals surface area (Å²) in [5.74, 6) is 0.503. The van der Waals surface area contributed by atoms with Crippen molar-refractivity contribution in [1.82, 2.24) is 9.97 Å². The molecule has 1 aromatic heterocycles. The normalized spacial score (nSPS) is 16.3. The van der Waals surface area contributed by atoms with E-state index in [0.29, 0.717) is 18.7 Å². The van der Waals surface area contributed by atoms with Gasteiger partial charge in [-0.05, 0) is 30.7 Å². The molecule has 1 aliphatic carbocycles. The monoisotopic (exact) mass is 413 g/mol. The van der Waals surface area contributed by atoms with E-state index in [9.17, 15) is 9.59 Å². The molecule has 2 bridgehead atoms. The van der Waals surface area contributed by atoms with E-state index < -0.39 is 11.8 Å². The molecule has 0 spiro atoms. The summed E-state index contributed by atoms with van der Waals surface area (Å²) in [6.45, 7) is 0.240. The molecule has 8 heteroatoms. The molecule has 0 saturated carbocycles. The number of carbonyl (C=O) groups is 2. The predicted molar refractivity (Wildman–Crippen MR) is 118 cm³/mol. The Labute approximate surface area is 178 Å². The largest absolute Gasteiger partial charge is 0.494 e. The number of anilines is 2. The average Bonchev–Trinajstić information content (AvgIpc) is 2.79. The van der Waals surface area contributed by atoms with Gasteiger partial charge in [-0.3, -0.25) is 9.59 Å². The highest BCUT2D eigenvalue weighted by Crippen LogP contribution is 2.30. The summed E-state index contributed by atoms with van der Waals surface area (Å²) >= 11 is 0. The molecule has 4 rings (SSSR count). The number of carbonyl (C=O) groups excluding carboxylic acids is 2. The van der Waals surface area contributed by atoms with Gasteiger partial charge in [-0.15, -0.1) is 0 Å². The van der Waals surface area contributed by atoms with Gasteiger partial charge in [0.1, 0.15) is 18.8 Å². The minimum absolute atomic E-state index is 0.240. The highest BCUT2D eigenvalue weighted by molar-refractivity contribution is 6.02. The van der Waals surface area contributed by atoms with E-state index in [4.69, 9.17) is 4.74 Å². The minimum atomic E-state index is -0.470. The lowest BCUT2D eigenvalue weighted by Crippen LogP contribution is -2.09. The quantitative estimate of drug-likeness (QED) is 0.711. The van der Waals surface area contributed by atoms with E-state index in [-0.39, 0.29) is 6.61 Å². The molecule has 0 radical (unpaired) electrons. The predicted octanol–water partition coefficient (Wildman–Crippen LogP) is 3.19. The number of nitrogens with one attached hydrogen (secondary N) is 1. The molecule has 1 aromatic carbocycles. The van der Waals surface area contributed by atoms with E-state index >= 15 is 0 Å². The summed E-state index contributed by atoms with van der Waals surface area (Å²) in [6.07, 6.45) is 13.1. The fourth-order valence-electron chi connectivity index (χ4n) is 3.09. The van der Waals surface area contributed by atoms with Gasteiger partial charge < -0.3 is 10.1 Å². The van der Waals surface area contributed by atoms with Gasteiger partial charge in [0.05, 0.1) is 11.5 Å². The lowest BCUT2D eigenvalue weighted by molar-refractivity contribution is -0.114. The Bertz CT molecular complexity index is 1160. The van der Waals surface area contributed by atoms with Crippen LogP contribution in [0.15, 0.2) is 70.6 Å². The number of nitrogens with zero attached hydrogens (tertiary/aromatic N) is 4. The highest BCUT2D eigenvalue weighted by Gasteiger charge is 2.17. The molecule has 0 atom stereocenters. The summed E-state index contributed by atoms with van der Waals surface area (Å²) in [4.78, 5) is 40.2. The second-order valence-corrected chi connectivity index (χ2v) is 6.69. The number of benzene rings is 1. The first-order valence-electron chi connectivity index (χ1n) is 9.71. The zero-order valence-electron chi connectivity index (χ0n) is 16.6. The molecule has 2 aromatic rings. The van der Waals surface area contributed by atoms with Crippen LogP contribution in [0.25, 0.3) is 6.08 Å². The maximum Gasteiger partial charge on any atom is 0.269 e. The summed E-state index contributed by atoms with van der Waals surface area (Å²) in [6, 6.07) is 7.46. The number of aliphatic imine (C=N–C) groups is 2. The van der Waals surface area contributed by atoms with Gasteiger partial charge in [0, 0.05) is 47.8 Å². The van der Waals surface area contributed by atoms with Crippen LogP contribution >= 0.6 is 0 Å². The molecule has 0 unspecified atom stereocenters. The van der Waals surface area contributed by atoms with Gasteiger partial charge in [-0.1, -0.05) is 18.2 Å². The zero-order chi connectivity index (χ0) is 21.5. The lowest BCUT2D eigenvalue weighted by atomic mass is 10.0. The Morgan fingerprint density at radius 3 is 2.77 bits per heavy atom. The number of aryl methyl sites for hydroxylation is 1. The van der Waals surface area contributed by atoms with Crippen molar-refractivity contribution in [3.63, 3.8) is 0 Å². The van der Waals surface area contributed by atoms with Crippen molar-refractivity contribution in [2.75, 3.05) is 11.9 Å². The molecule has 8 nitrogen and oxygen atoms in total.